The van der Waals surface area contributed by atoms with E-state index in [2.05, 4.69) is 11.6 Å². The molecule has 148 valence electrons. The lowest BCUT2D eigenvalue weighted by Gasteiger charge is -2.20. The van der Waals surface area contributed by atoms with Crippen LogP contribution in [0.1, 0.15) is 29.0 Å². The fourth-order valence-electron chi connectivity index (χ4n) is 2.91. The molecule has 0 saturated heterocycles. The Bertz CT molecular complexity index is 1010. The fourth-order valence-corrected chi connectivity index (χ4v) is 5.14. The average Bonchev–Trinajstić information content (AvgIpc) is 3.26. The highest BCUT2D eigenvalue weighted by Gasteiger charge is 2.26. The first kappa shape index (κ1) is 20.4. The normalized spacial score (nSPS) is 12.5. The molecule has 0 spiro atoms. The van der Waals surface area contributed by atoms with E-state index in [1.165, 1.54) is 37.2 Å². The summed E-state index contributed by atoms with van der Waals surface area (Å²) in [6.45, 7) is 2.09. The highest BCUT2D eigenvalue weighted by atomic mass is 32.2. The summed E-state index contributed by atoms with van der Waals surface area (Å²) < 4.78 is 39.7. The second-order valence-corrected chi connectivity index (χ2v) is 8.84. The van der Waals surface area contributed by atoms with E-state index in [4.69, 9.17) is 9.47 Å². The van der Waals surface area contributed by atoms with Gasteiger partial charge in [0.25, 0.3) is 0 Å². The first-order valence-electron chi connectivity index (χ1n) is 8.85. The van der Waals surface area contributed by atoms with Crippen LogP contribution in [0, 0.1) is 0 Å². The third-order valence-electron chi connectivity index (χ3n) is 4.48. The number of ether oxygens (including phenoxy) is 2. The molecule has 0 amide bonds. The van der Waals surface area contributed by atoms with Gasteiger partial charge < -0.3 is 9.47 Å². The third-order valence-corrected chi connectivity index (χ3v) is 6.88. The summed E-state index contributed by atoms with van der Waals surface area (Å²) in [5.74, 6) is 0.763. The van der Waals surface area contributed by atoms with E-state index in [0.717, 1.165) is 16.9 Å². The minimum absolute atomic E-state index is 0.0718. The zero-order chi connectivity index (χ0) is 20.1. The quantitative estimate of drug-likeness (QED) is 0.590. The van der Waals surface area contributed by atoms with Crippen LogP contribution >= 0.6 is 11.3 Å². The molecule has 1 heterocycles. The van der Waals surface area contributed by atoms with Gasteiger partial charge in [0, 0.05) is 10.9 Å². The van der Waals surface area contributed by atoms with Crippen molar-refractivity contribution in [3.8, 4) is 11.5 Å². The maximum Gasteiger partial charge on any atom is 0.245 e. The number of benzene rings is 2. The van der Waals surface area contributed by atoms with E-state index in [-0.39, 0.29) is 10.6 Å². The second-order valence-electron chi connectivity index (χ2n) is 6.18. The van der Waals surface area contributed by atoms with E-state index in [1.807, 2.05) is 41.8 Å². The summed E-state index contributed by atoms with van der Waals surface area (Å²) in [5.41, 5.74) is 2.09. The zero-order valence-corrected chi connectivity index (χ0v) is 17.6. The molecule has 28 heavy (non-hydrogen) atoms. The first-order valence-corrected chi connectivity index (χ1v) is 11.2. The molecule has 0 radical (unpaired) electrons. The summed E-state index contributed by atoms with van der Waals surface area (Å²) in [6.07, 6.45) is 0.929. The van der Waals surface area contributed by atoms with Crippen LogP contribution in [0.4, 0.5) is 0 Å². The molecule has 3 aromatic rings. The molecular formula is C21H23NO4S2. The van der Waals surface area contributed by atoms with Crippen LogP contribution in [0.2, 0.25) is 0 Å². The molecule has 0 saturated carbocycles. The SMILES string of the molecule is CCc1ccc([C@H](NS(=O)(=O)c2ccc(OC)cc2OC)c2cccs2)cc1. The van der Waals surface area contributed by atoms with Gasteiger partial charge in [-0.15, -0.1) is 11.3 Å². The van der Waals surface area contributed by atoms with Gasteiger partial charge in [-0.05, 0) is 41.1 Å². The molecule has 7 heteroatoms. The number of rotatable bonds is 8. The largest absolute Gasteiger partial charge is 0.497 e. The van der Waals surface area contributed by atoms with Crippen LogP contribution in [0.15, 0.2) is 64.9 Å². The Labute approximate surface area is 170 Å². The van der Waals surface area contributed by atoms with Gasteiger partial charge in [-0.2, -0.15) is 4.72 Å². The van der Waals surface area contributed by atoms with Crippen molar-refractivity contribution in [3.63, 3.8) is 0 Å². The van der Waals surface area contributed by atoms with Crippen LogP contribution in [0.25, 0.3) is 0 Å². The molecule has 0 unspecified atom stereocenters. The number of sulfonamides is 1. The van der Waals surface area contributed by atoms with Crippen LogP contribution in [-0.4, -0.2) is 22.6 Å². The Kier molecular flexibility index (Phi) is 6.39. The Hall–Kier alpha value is -2.35. The summed E-state index contributed by atoms with van der Waals surface area (Å²) >= 11 is 1.51. The van der Waals surface area contributed by atoms with Crippen molar-refractivity contribution >= 4 is 21.4 Å². The Morgan fingerprint density at radius 2 is 1.79 bits per heavy atom. The number of methoxy groups -OCH3 is 2. The van der Waals surface area contributed by atoms with Gasteiger partial charge in [-0.25, -0.2) is 8.42 Å². The molecule has 0 bridgehead atoms. The van der Waals surface area contributed by atoms with E-state index < -0.39 is 16.1 Å². The molecule has 0 aliphatic carbocycles. The van der Waals surface area contributed by atoms with E-state index in [9.17, 15) is 8.42 Å². The lowest BCUT2D eigenvalue weighted by Crippen LogP contribution is -2.29. The maximum absolute atomic E-state index is 13.2. The summed E-state index contributed by atoms with van der Waals surface area (Å²) in [6, 6.07) is 16.0. The van der Waals surface area contributed by atoms with Gasteiger partial charge in [-0.3, -0.25) is 0 Å². The number of hydrogen-bond acceptors (Lipinski definition) is 5. The third kappa shape index (κ3) is 4.38. The smallest absolute Gasteiger partial charge is 0.245 e. The van der Waals surface area contributed by atoms with Crippen molar-refractivity contribution in [2.45, 2.75) is 24.3 Å². The summed E-state index contributed by atoms with van der Waals surface area (Å²) in [5, 5.41) is 1.94. The van der Waals surface area contributed by atoms with Gasteiger partial charge in [0.2, 0.25) is 10.0 Å². The van der Waals surface area contributed by atoms with Crippen molar-refractivity contribution in [2.24, 2.45) is 0 Å². The van der Waals surface area contributed by atoms with Crippen molar-refractivity contribution in [1.82, 2.24) is 4.72 Å². The molecule has 1 aromatic heterocycles. The molecule has 1 N–H and O–H groups in total. The van der Waals surface area contributed by atoms with Crippen molar-refractivity contribution in [2.75, 3.05) is 14.2 Å². The van der Waals surface area contributed by atoms with Gasteiger partial charge in [0.05, 0.1) is 20.3 Å². The predicted molar refractivity (Wildman–Crippen MR) is 112 cm³/mol. The molecule has 2 aromatic carbocycles. The fraction of sp³-hybridized carbons (Fsp3) is 0.238. The Morgan fingerprint density at radius 1 is 1.04 bits per heavy atom. The van der Waals surface area contributed by atoms with Crippen molar-refractivity contribution in [1.29, 1.82) is 0 Å². The van der Waals surface area contributed by atoms with Crippen molar-refractivity contribution < 1.29 is 17.9 Å². The molecule has 3 rings (SSSR count). The molecule has 0 aliphatic heterocycles. The second kappa shape index (κ2) is 8.77. The lowest BCUT2D eigenvalue weighted by molar-refractivity contribution is 0.386. The van der Waals surface area contributed by atoms with Crippen LogP contribution in [-0.2, 0) is 16.4 Å². The van der Waals surface area contributed by atoms with E-state index in [1.54, 1.807) is 12.1 Å². The summed E-state index contributed by atoms with van der Waals surface area (Å²) in [4.78, 5) is 0.989. The molecular weight excluding hydrogens is 394 g/mol. The minimum Gasteiger partial charge on any atom is -0.497 e. The van der Waals surface area contributed by atoms with Gasteiger partial charge in [-0.1, -0.05) is 37.3 Å². The predicted octanol–water partition coefficient (Wildman–Crippen LogP) is 4.40. The monoisotopic (exact) mass is 417 g/mol. The Morgan fingerprint density at radius 3 is 2.36 bits per heavy atom. The van der Waals surface area contributed by atoms with Gasteiger partial charge >= 0.3 is 0 Å². The summed E-state index contributed by atoms with van der Waals surface area (Å²) in [7, 11) is -0.881. The average molecular weight is 418 g/mol. The first-order chi connectivity index (χ1) is 13.5. The van der Waals surface area contributed by atoms with Crippen LogP contribution in [0.5, 0.6) is 11.5 Å². The van der Waals surface area contributed by atoms with E-state index >= 15 is 0 Å². The minimum atomic E-state index is -3.84. The van der Waals surface area contributed by atoms with Crippen LogP contribution < -0.4 is 14.2 Å². The maximum atomic E-state index is 13.2. The lowest BCUT2D eigenvalue weighted by atomic mass is 10.0. The van der Waals surface area contributed by atoms with Gasteiger partial charge in [0.15, 0.2) is 0 Å². The van der Waals surface area contributed by atoms with Crippen molar-refractivity contribution in [3.05, 3.63) is 76.0 Å². The number of nitrogens with one attached hydrogen (secondary N) is 1. The number of aryl methyl sites for hydroxylation is 1. The number of thiophene rings is 1. The standard InChI is InChI=1S/C21H23NO4S2/c1-4-15-7-9-16(10-8-15)21(19-6-5-13-27-19)22-28(23,24)20-12-11-17(25-2)14-18(20)26-3/h5-14,21-22H,4H2,1-3H3/t21-/m0/s1. The molecule has 1 atom stereocenters. The highest BCUT2D eigenvalue weighted by Crippen LogP contribution is 2.32. The molecule has 0 fully saturated rings. The number of hydrogen-bond donors (Lipinski definition) is 1. The van der Waals surface area contributed by atoms with E-state index in [0.29, 0.717) is 5.75 Å². The topological polar surface area (TPSA) is 64.6 Å². The Balaban J connectivity index is 2.00. The van der Waals surface area contributed by atoms with Gasteiger partial charge in [0.1, 0.15) is 16.4 Å². The van der Waals surface area contributed by atoms with Crippen LogP contribution in [0.3, 0.4) is 0 Å². The molecule has 5 nitrogen and oxygen atoms in total. The molecule has 0 aliphatic rings. The highest BCUT2D eigenvalue weighted by molar-refractivity contribution is 7.89. The zero-order valence-electron chi connectivity index (χ0n) is 16.0.